The average molecular weight is 141 g/mol. The van der Waals surface area contributed by atoms with Gasteiger partial charge in [0, 0.05) is 12.2 Å². The van der Waals surface area contributed by atoms with E-state index in [1.807, 2.05) is 6.92 Å². The second-order valence-corrected chi connectivity index (χ2v) is 2.33. The summed E-state index contributed by atoms with van der Waals surface area (Å²) in [7, 11) is 0. The van der Waals surface area contributed by atoms with Gasteiger partial charge in [0.25, 0.3) is 0 Å². The van der Waals surface area contributed by atoms with E-state index in [0.29, 0.717) is 0 Å². The van der Waals surface area contributed by atoms with Gasteiger partial charge in [0.1, 0.15) is 5.83 Å². The van der Waals surface area contributed by atoms with Crippen molar-refractivity contribution in [2.45, 2.75) is 19.8 Å². The van der Waals surface area contributed by atoms with Crippen molar-refractivity contribution >= 4 is 0 Å². The average Bonchev–Trinajstić information content (AvgIpc) is 1.88. The predicted molar refractivity (Wildman–Crippen MR) is 40.2 cm³/mol. The number of halogens is 1. The van der Waals surface area contributed by atoms with Crippen LogP contribution in [0.2, 0.25) is 0 Å². The van der Waals surface area contributed by atoms with Gasteiger partial charge in [0.05, 0.1) is 0 Å². The van der Waals surface area contributed by atoms with Crippen LogP contribution in [0.5, 0.6) is 0 Å². The summed E-state index contributed by atoms with van der Waals surface area (Å²) < 4.78 is 12.5. The van der Waals surface area contributed by atoms with Gasteiger partial charge in [-0.25, -0.2) is 4.39 Å². The Kier molecular flexibility index (Phi) is 2.49. The Morgan fingerprint density at radius 1 is 1.70 bits per heavy atom. The lowest BCUT2D eigenvalue weighted by atomic mass is 10.1. The van der Waals surface area contributed by atoms with Crippen LogP contribution in [0.4, 0.5) is 4.39 Å². The topological polar surface area (TPSA) is 12.0 Å². The van der Waals surface area contributed by atoms with Gasteiger partial charge in [0.15, 0.2) is 0 Å². The summed E-state index contributed by atoms with van der Waals surface area (Å²) in [5.41, 5.74) is 1.02. The molecule has 10 heavy (non-hydrogen) atoms. The molecule has 0 fully saturated rings. The molecule has 0 saturated heterocycles. The van der Waals surface area contributed by atoms with Crippen molar-refractivity contribution in [2.24, 2.45) is 0 Å². The third-order valence-electron chi connectivity index (χ3n) is 1.47. The number of rotatable bonds is 2. The van der Waals surface area contributed by atoms with Gasteiger partial charge in [-0.3, -0.25) is 0 Å². The summed E-state index contributed by atoms with van der Waals surface area (Å²) in [6.07, 6.45) is 4.94. The lowest BCUT2D eigenvalue weighted by Gasteiger charge is -2.10. The van der Waals surface area contributed by atoms with Gasteiger partial charge >= 0.3 is 0 Å². The Bertz CT molecular complexity index is 170. The van der Waals surface area contributed by atoms with Crippen LogP contribution in [-0.2, 0) is 0 Å². The van der Waals surface area contributed by atoms with E-state index >= 15 is 0 Å². The molecule has 1 aliphatic rings. The molecule has 1 N–H and O–H groups in total. The van der Waals surface area contributed by atoms with Crippen LogP contribution in [0.3, 0.4) is 0 Å². The van der Waals surface area contributed by atoms with E-state index in [-0.39, 0.29) is 5.83 Å². The van der Waals surface area contributed by atoms with Gasteiger partial charge < -0.3 is 5.32 Å². The van der Waals surface area contributed by atoms with E-state index in [0.717, 1.165) is 25.1 Å². The van der Waals surface area contributed by atoms with E-state index in [1.165, 1.54) is 0 Å². The molecule has 1 aliphatic carbocycles. The molecule has 0 radical (unpaired) electrons. The van der Waals surface area contributed by atoms with E-state index in [1.54, 1.807) is 12.2 Å². The third kappa shape index (κ3) is 1.87. The summed E-state index contributed by atoms with van der Waals surface area (Å²) >= 11 is 0. The number of allylic oxidation sites excluding steroid dienone is 4. The molecule has 0 spiro atoms. The fourth-order valence-electron chi connectivity index (χ4n) is 1.03. The molecule has 0 atom stereocenters. The molecule has 56 valence electrons. The molecule has 0 amide bonds. The molecule has 0 heterocycles. The minimum Gasteiger partial charge on any atom is -0.389 e. The summed E-state index contributed by atoms with van der Waals surface area (Å²) in [6, 6.07) is 0. The zero-order chi connectivity index (χ0) is 7.40. The Hall–Kier alpha value is -0.790. The number of hydrogen-bond acceptors (Lipinski definition) is 1. The van der Waals surface area contributed by atoms with Crippen molar-refractivity contribution < 1.29 is 4.39 Å². The maximum Gasteiger partial charge on any atom is 0.120 e. The standard InChI is InChI=1S/C8H12FN/c1-2-10-8-5-3-4-7(9)6-8/h4,6,10H,2-3,5H2,1H3. The highest BCUT2D eigenvalue weighted by molar-refractivity contribution is 5.21. The molecule has 0 aromatic rings. The smallest absolute Gasteiger partial charge is 0.120 e. The monoisotopic (exact) mass is 141 g/mol. The maximum atomic E-state index is 12.5. The van der Waals surface area contributed by atoms with Crippen molar-refractivity contribution in [2.75, 3.05) is 6.54 Å². The predicted octanol–water partition coefficient (Wildman–Crippen LogP) is 2.13. The van der Waals surface area contributed by atoms with Crippen LogP contribution in [0.1, 0.15) is 19.8 Å². The van der Waals surface area contributed by atoms with Crippen LogP contribution in [0, 0.1) is 0 Å². The highest BCUT2D eigenvalue weighted by Crippen LogP contribution is 2.15. The van der Waals surface area contributed by atoms with Gasteiger partial charge in [-0.2, -0.15) is 0 Å². The minimum atomic E-state index is -0.109. The van der Waals surface area contributed by atoms with E-state index in [2.05, 4.69) is 5.32 Å². The van der Waals surface area contributed by atoms with Crippen molar-refractivity contribution in [1.29, 1.82) is 0 Å². The van der Waals surface area contributed by atoms with Crippen LogP contribution < -0.4 is 5.32 Å². The van der Waals surface area contributed by atoms with Gasteiger partial charge in [0.2, 0.25) is 0 Å². The summed E-state index contributed by atoms with van der Waals surface area (Å²) in [4.78, 5) is 0. The maximum absolute atomic E-state index is 12.5. The fraction of sp³-hybridized carbons (Fsp3) is 0.500. The van der Waals surface area contributed by atoms with Gasteiger partial charge in [-0.15, -0.1) is 0 Å². The lowest BCUT2D eigenvalue weighted by molar-refractivity contribution is 0.635. The number of hydrogen-bond donors (Lipinski definition) is 1. The molecule has 0 aliphatic heterocycles. The highest BCUT2D eigenvalue weighted by Gasteiger charge is 2.02. The molecule has 1 rings (SSSR count). The normalized spacial score (nSPS) is 17.8. The fourth-order valence-corrected chi connectivity index (χ4v) is 1.03. The third-order valence-corrected chi connectivity index (χ3v) is 1.47. The first-order valence-electron chi connectivity index (χ1n) is 3.63. The summed E-state index contributed by atoms with van der Waals surface area (Å²) in [6.45, 7) is 2.89. The molecule has 0 unspecified atom stereocenters. The summed E-state index contributed by atoms with van der Waals surface area (Å²) in [5.74, 6) is -0.109. The molecule has 0 aromatic heterocycles. The second kappa shape index (κ2) is 3.40. The SMILES string of the molecule is CCNC1=CC(F)=CCC1. The van der Waals surface area contributed by atoms with Crippen molar-refractivity contribution in [1.82, 2.24) is 5.32 Å². The van der Waals surface area contributed by atoms with Crippen LogP contribution >= 0.6 is 0 Å². The molecular weight excluding hydrogens is 129 g/mol. The van der Waals surface area contributed by atoms with Crippen LogP contribution in [0.25, 0.3) is 0 Å². The molecule has 1 nitrogen and oxygen atoms in total. The van der Waals surface area contributed by atoms with Crippen molar-refractivity contribution in [3.63, 3.8) is 0 Å². The second-order valence-electron chi connectivity index (χ2n) is 2.33. The first kappa shape index (κ1) is 7.32. The molecule has 0 saturated carbocycles. The van der Waals surface area contributed by atoms with Crippen molar-refractivity contribution in [3.05, 3.63) is 23.7 Å². The Morgan fingerprint density at radius 2 is 2.50 bits per heavy atom. The molecule has 0 bridgehead atoms. The Labute approximate surface area is 60.6 Å². The lowest BCUT2D eigenvalue weighted by Crippen LogP contribution is -2.13. The minimum absolute atomic E-state index is 0.109. The van der Waals surface area contributed by atoms with Gasteiger partial charge in [-0.1, -0.05) is 0 Å². The zero-order valence-electron chi connectivity index (χ0n) is 6.15. The van der Waals surface area contributed by atoms with E-state index < -0.39 is 0 Å². The Morgan fingerprint density at radius 3 is 3.10 bits per heavy atom. The van der Waals surface area contributed by atoms with E-state index in [4.69, 9.17) is 0 Å². The quantitative estimate of drug-likeness (QED) is 0.621. The first-order valence-corrected chi connectivity index (χ1v) is 3.63. The van der Waals surface area contributed by atoms with E-state index in [9.17, 15) is 4.39 Å². The molecule has 2 heteroatoms. The summed E-state index contributed by atoms with van der Waals surface area (Å²) in [5, 5.41) is 3.10. The number of nitrogens with one attached hydrogen (secondary N) is 1. The zero-order valence-corrected chi connectivity index (χ0v) is 6.15. The van der Waals surface area contributed by atoms with Crippen molar-refractivity contribution in [3.8, 4) is 0 Å². The molecular formula is C8H12FN. The van der Waals surface area contributed by atoms with Crippen LogP contribution in [-0.4, -0.2) is 6.54 Å². The Balaban J connectivity index is 2.51. The molecule has 0 aromatic carbocycles. The first-order chi connectivity index (χ1) is 4.83. The highest BCUT2D eigenvalue weighted by atomic mass is 19.1. The van der Waals surface area contributed by atoms with Gasteiger partial charge in [-0.05, 0) is 31.9 Å². The van der Waals surface area contributed by atoms with Crippen LogP contribution in [0.15, 0.2) is 23.7 Å². The largest absolute Gasteiger partial charge is 0.389 e.